The van der Waals surface area contributed by atoms with Gasteiger partial charge in [0, 0.05) is 17.0 Å². The number of anilines is 1. The smallest absolute Gasteiger partial charge is 0.414 e. The zero-order chi connectivity index (χ0) is 21.8. The summed E-state index contributed by atoms with van der Waals surface area (Å²) in [6, 6.07) is 10.6. The fourth-order valence-corrected chi connectivity index (χ4v) is 3.41. The van der Waals surface area contributed by atoms with Crippen molar-refractivity contribution >= 4 is 50.1 Å². The first-order chi connectivity index (χ1) is 14.2. The van der Waals surface area contributed by atoms with Gasteiger partial charge in [-0.25, -0.2) is 14.0 Å². The molecule has 7 nitrogen and oxygen atoms in total. The number of hydrogen-bond donors (Lipinski definition) is 2. The lowest BCUT2D eigenvalue weighted by molar-refractivity contribution is -0.119. The summed E-state index contributed by atoms with van der Waals surface area (Å²) in [5.41, 5.74) is 1.30. The molecule has 2 N–H and O–H groups in total. The monoisotopic (exact) mass is 476 g/mol. The van der Waals surface area contributed by atoms with E-state index in [2.05, 4.69) is 21.2 Å². The minimum Gasteiger partial charge on any atom is -0.478 e. The summed E-state index contributed by atoms with van der Waals surface area (Å²) < 4.78 is 20.4. The van der Waals surface area contributed by atoms with Crippen molar-refractivity contribution < 1.29 is 28.6 Å². The Hall–Kier alpha value is -3.20. The molecule has 1 saturated heterocycles. The number of halogens is 2. The minimum atomic E-state index is -1.05. The molecule has 2 amide bonds. The molecule has 0 bridgehead atoms. The van der Waals surface area contributed by atoms with Crippen molar-refractivity contribution in [3.8, 4) is 0 Å². The maximum Gasteiger partial charge on any atom is 0.414 e. The van der Waals surface area contributed by atoms with Crippen molar-refractivity contribution in [2.45, 2.75) is 13.0 Å². The average Bonchev–Trinajstić information content (AvgIpc) is 3.08. The van der Waals surface area contributed by atoms with Crippen LogP contribution in [0.25, 0.3) is 10.6 Å². The van der Waals surface area contributed by atoms with Gasteiger partial charge in [-0.3, -0.25) is 9.69 Å². The molecule has 2 aromatic carbocycles. The Balaban J connectivity index is 1.78. The van der Waals surface area contributed by atoms with Crippen LogP contribution in [0.2, 0.25) is 0 Å². The molecular formula is C21H18BrFN2O5. The molecule has 1 atom stereocenters. The van der Waals surface area contributed by atoms with Crippen molar-refractivity contribution in [2.75, 3.05) is 18.0 Å². The lowest BCUT2D eigenvalue weighted by Crippen LogP contribution is -2.33. The van der Waals surface area contributed by atoms with Gasteiger partial charge in [0.15, 0.2) is 0 Å². The predicted molar refractivity (Wildman–Crippen MR) is 113 cm³/mol. The standard InChI is InChI=1S/C21H18BrFN2O5/c1-12(26)24-10-17-11-25(21(29)30-17)16-6-5-14(19(23)9-16)8-18(22)13-3-2-4-15(7-13)20(27)28/h2-9,17H,10-11H2,1H3,(H,24,26)(H,27,28)/t17-/m0/s1. The first-order valence-electron chi connectivity index (χ1n) is 8.97. The van der Waals surface area contributed by atoms with Crippen molar-refractivity contribution in [3.05, 3.63) is 65.0 Å². The third kappa shape index (κ3) is 5.04. The van der Waals surface area contributed by atoms with E-state index in [0.29, 0.717) is 15.7 Å². The summed E-state index contributed by atoms with van der Waals surface area (Å²) in [5, 5.41) is 11.7. The van der Waals surface area contributed by atoms with E-state index in [9.17, 15) is 18.8 Å². The Morgan fingerprint density at radius 3 is 2.70 bits per heavy atom. The first kappa shape index (κ1) is 21.5. The summed E-state index contributed by atoms with van der Waals surface area (Å²) in [7, 11) is 0. The number of carboxylic acids is 1. The lowest BCUT2D eigenvalue weighted by Gasteiger charge is -2.14. The minimum absolute atomic E-state index is 0.120. The number of nitrogens with zero attached hydrogens (tertiary/aromatic N) is 1. The number of carbonyl (C=O) groups is 3. The van der Waals surface area contributed by atoms with Gasteiger partial charge >= 0.3 is 12.1 Å². The third-order valence-electron chi connectivity index (χ3n) is 4.42. The highest BCUT2D eigenvalue weighted by atomic mass is 79.9. The molecule has 156 valence electrons. The van der Waals surface area contributed by atoms with Crippen LogP contribution in [0.3, 0.4) is 0 Å². The van der Waals surface area contributed by atoms with Crippen LogP contribution in [-0.4, -0.2) is 42.3 Å². The number of nitrogens with one attached hydrogen (secondary N) is 1. The second-order valence-electron chi connectivity index (χ2n) is 6.64. The number of rotatable bonds is 6. The first-order valence-corrected chi connectivity index (χ1v) is 9.77. The van der Waals surface area contributed by atoms with Gasteiger partial charge in [-0.1, -0.05) is 28.1 Å². The molecule has 0 saturated carbocycles. The summed E-state index contributed by atoms with van der Waals surface area (Å²) in [6.45, 7) is 1.74. The largest absolute Gasteiger partial charge is 0.478 e. The highest BCUT2D eigenvalue weighted by molar-refractivity contribution is 9.15. The molecule has 0 aliphatic carbocycles. The van der Waals surface area contributed by atoms with Crippen LogP contribution in [0.5, 0.6) is 0 Å². The fourth-order valence-electron chi connectivity index (χ4n) is 2.92. The third-order valence-corrected chi connectivity index (χ3v) is 5.10. The summed E-state index contributed by atoms with van der Waals surface area (Å²) in [5.74, 6) is -1.84. The molecule has 0 unspecified atom stereocenters. The molecule has 0 aromatic heterocycles. The van der Waals surface area contributed by atoms with E-state index in [1.54, 1.807) is 18.2 Å². The Morgan fingerprint density at radius 2 is 2.03 bits per heavy atom. The topological polar surface area (TPSA) is 95.9 Å². The average molecular weight is 477 g/mol. The molecule has 1 fully saturated rings. The van der Waals surface area contributed by atoms with E-state index in [1.165, 1.54) is 42.2 Å². The van der Waals surface area contributed by atoms with Crippen LogP contribution in [0.15, 0.2) is 42.5 Å². The maximum absolute atomic E-state index is 14.7. The number of amides is 2. The molecule has 0 spiro atoms. The zero-order valence-corrected chi connectivity index (χ0v) is 17.5. The normalized spacial score (nSPS) is 16.4. The van der Waals surface area contributed by atoms with E-state index in [0.717, 1.165) is 0 Å². The van der Waals surface area contributed by atoms with Gasteiger partial charge in [0.1, 0.15) is 11.9 Å². The van der Waals surface area contributed by atoms with Crippen molar-refractivity contribution in [1.29, 1.82) is 0 Å². The second-order valence-corrected chi connectivity index (χ2v) is 7.49. The van der Waals surface area contributed by atoms with Crippen LogP contribution < -0.4 is 10.2 Å². The van der Waals surface area contributed by atoms with E-state index in [1.807, 2.05) is 0 Å². The quantitative estimate of drug-likeness (QED) is 0.616. The Kier molecular flexibility index (Phi) is 6.51. The second kappa shape index (κ2) is 9.08. The highest BCUT2D eigenvalue weighted by Gasteiger charge is 2.32. The van der Waals surface area contributed by atoms with E-state index >= 15 is 0 Å². The molecule has 1 heterocycles. The van der Waals surface area contributed by atoms with Gasteiger partial charge in [-0.2, -0.15) is 0 Å². The van der Waals surface area contributed by atoms with E-state index in [-0.39, 0.29) is 30.1 Å². The van der Waals surface area contributed by atoms with Crippen molar-refractivity contribution in [2.24, 2.45) is 0 Å². The molecule has 30 heavy (non-hydrogen) atoms. The van der Waals surface area contributed by atoms with E-state index < -0.39 is 24.0 Å². The van der Waals surface area contributed by atoms with Gasteiger partial charge in [-0.15, -0.1) is 0 Å². The lowest BCUT2D eigenvalue weighted by atomic mass is 10.1. The molecule has 1 aliphatic rings. The number of cyclic esters (lactones) is 1. The maximum atomic E-state index is 14.7. The van der Waals surface area contributed by atoms with Crippen LogP contribution in [-0.2, 0) is 9.53 Å². The van der Waals surface area contributed by atoms with Gasteiger partial charge in [0.25, 0.3) is 0 Å². The van der Waals surface area contributed by atoms with Gasteiger partial charge < -0.3 is 15.2 Å². The number of hydrogen-bond acceptors (Lipinski definition) is 4. The highest BCUT2D eigenvalue weighted by Crippen LogP contribution is 2.29. The van der Waals surface area contributed by atoms with Crippen LogP contribution in [0.1, 0.15) is 28.4 Å². The predicted octanol–water partition coefficient (Wildman–Crippen LogP) is 3.88. The fraction of sp³-hybridized carbons (Fsp3) is 0.190. The zero-order valence-electron chi connectivity index (χ0n) is 15.9. The number of carbonyl (C=O) groups excluding carboxylic acids is 2. The number of carboxylic acid groups (broad SMARTS) is 1. The van der Waals surface area contributed by atoms with Gasteiger partial charge in [-0.05, 0) is 42.0 Å². The molecule has 2 aromatic rings. The van der Waals surface area contributed by atoms with Crippen LogP contribution in [0, 0.1) is 5.82 Å². The molecular weight excluding hydrogens is 459 g/mol. The number of benzene rings is 2. The summed E-state index contributed by atoms with van der Waals surface area (Å²) >= 11 is 3.35. The molecule has 9 heteroatoms. The Labute approximate surface area is 180 Å². The number of ether oxygens (including phenoxy) is 1. The van der Waals surface area contributed by atoms with Crippen molar-refractivity contribution in [3.63, 3.8) is 0 Å². The summed E-state index contributed by atoms with van der Waals surface area (Å²) in [6.07, 6.45) is 0.404. The van der Waals surface area contributed by atoms with Gasteiger partial charge in [0.2, 0.25) is 5.91 Å². The molecule has 3 rings (SSSR count). The van der Waals surface area contributed by atoms with Gasteiger partial charge in [0.05, 0.1) is 24.3 Å². The molecule has 1 aliphatic heterocycles. The Morgan fingerprint density at radius 1 is 1.30 bits per heavy atom. The van der Waals surface area contributed by atoms with Crippen LogP contribution in [0.4, 0.5) is 14.9 Å². The SMILES string of the molecule is CC(=O)NC[C@H]1CN(c2ccc(C=C(Br)c3cccc(C(=O)O)c3)c(F)c2)C(=O)O1. The van der Waals surface area contributed by atoms with Crippen molar-refractivity contribution in [1.82, 2.24) is 5.32 Å². The Bertz CT molecular complexity index is 1040. The molecule has 0 radical (unpaired) electrons. The van der Waals surface area contributed by atoms with Crippen LogP contribution >= 0.6 is 15.9 Å². The summed E-state index contributed by atoms with van der Waals surface area (Å²) in [4.78, 5) is 35.5. The van der Waals surface area contributed by atoms with E-state index in [4.69, 9.17) is 9.84 Å². The number of aromatic carboxylic acids is 1.